The van der Waals surface area contributed by atoms with Gasteiger partial charge in [-0.2, -0.15) is 0 Å². The van der Waals surface area contributed by atoms with Gasteiger partial charge in [0, 0.05) is 43.9 Å². The van der Waals surface area contributed by atoms with E-state index in [4.69, 9.17) is 14.4 Å². The molecule has 0 saturated heterocycles. The summed E-state index contributed by atoms with van der Waals surface area (Å²) in [5.74, 6) is 0.692. The zero-order chi connectivity index (χ0) is 37.0. The van der Waals surface area contributed by atoms with E-state index in [1.165, 1.54) is 21.9 Å². The second-order valence-electron chi connectivity index (χ2n) is 14.2. The SMILES string of the molecule is c1ccc(-c2ccc3oc4ccc(-n5c6ccccc6c6c(-c7cccc(-c8nc(-c9ccccc9)cc(-c9ccccc9)n8)c7)cccc65)cc4c3c2)cc1. The van der Waals surface area contributed by atoms with Crippen molar-refractivity contribution in [1.82, 2.24) is 14.5 Å². The lowest BCUT2D eigenvalue weighted by Gasteiger charge is -2.11. The van der Waals surface area contributed by atoms with Crippen LogP contribution in [-0.4, -0.2) is 14.5 Å². The van der Waals surface area contributed by atoms with Crippen LogP contribution in [0.1, 0.15) is 0 Å². The highest BCUT2D eigenvalue weighted by atomic mass is 16.3. The van der Waals surface area contributed by atoms with Crippen LogP contribution < -0.4 is 0 Å². The molecule has 0 N–H and O–H groups in total. The fourth-order valence-electron chi connectivity index (χ4n) is 8.17. The largest absolute Gasteiger partial charge is 0.456 e. The monoisotopic (exact) mass is 715 g/mol. The van der Waals surface area contributed by atoms with Crippen LogP contribution in [-0.2, 0) is 0 Å². The summed E-state index contributed by atoms with van der Waals surface area (Å²) in [7, 11) is 0. The molecule has 0 amide bonds. The molecule has 0 bridgehead atoms. The topological polar surface area (TPSA) is 43.9 Å². The van der Waals surface area contributed by atoms with Gasteiger partial charge in [0.25, 0.3) is 0 Å². The Kier molecular flexibility index (Phi) is 7.46. The van der Waals surface area contributed by atoms with E-state index in [-0.39, 0.29) is 0 Å². The molecule has 8 aromatic carbocycles. The highest BCUT2D eigenvalue weighted by Gasteiger charge is 2.19. The first kappa shape index (κ1) is 31.9. The number of para-hydroxylation sites is 1. The minimum Gasteiger partial charge on any atom is -0.456 e. The quantitative estimate of drug-likeness (QED) is 0.172. The smallest absolute Gasteiger partial charge is 0.160 e. The van der Waals surface area contributed by atoms with E-state index in [2.05, 4.69) is 168 Å². The first-order chi connectivity index (χ1) is 27.7. The molecule has 3 aromatic heterocycles. The second-order valence-corrected chi connectivity index (χ2v) is 14.2. The van der Waals surface area contributed by atoms with Crippen molar-refractivity contribution in [2.45, 2.75) is 0 Å². The molecule has 0 aliphatic rings. The Bertz CT molecular complexity index is 3180. The van der Waals surface area contributed by atoms with E-state index in [0.717, 1.165) is 77.9 Å². The van der Waals surface area contributed by atoms with Crippen LogP contribution >= 0.6 is 0 Å². The molecule has 4 nitrogen and oxygen atoms in total. The van der Waals surface area contributed by atoms with Crippen LogP contribution in [0.3, 0.4) is 0 Å². The lowest BCUT2D eigenvalue weighted by atomic mass is 9.97. The van der Waals surface area contributed by atoms with Gasteiger partial charge in [-0.05, 0) is 76.9 Å². The van der Waals surface area contributed by atoms with Gasteiger partial charge in [0.1, 0.15) is 11.2 Å². The molecular weight excluding hydrogens is 683 g/mol. The summed E-state index contributed by atoms with van der Waals surface area (Å²) in [6, 6.07) is 70.3. The minimum atomic E-state index is 0.692. The predicted molar refractivity (Wildman–Crippen MR) is 231 cm³/mol. The number of furan rings is 1. The number of nitrogens with zero attached hydrogens (tertiary/aromatic N) is 3. The fraction of sp³-hybridized carbons (Fsp3) is 0. The summed E-state index contributed by atoms with van der Waals surface area (Å²) in [6.07, 6.45) is 0. The number of hydrogen-bond acceptors (Lipinski definition) is 3. The van der Waals surface area contributed by atoms with Gasteiger partial charge < -0.3 is 8.98 Å². The number of fused-ring (bicyclic) bond motifs is 6. The molecule has 0 unspecified atom stereocenters. The Balaban J connectivity index is 1.07. The van der Waals surface area contributed by atoms with Crippen molar-refractivity contribution in [3.63, 3.8) is 0 Å². The van der Waals surface area contributed by atoms with Crippen molar-refractivity contribution in [1.29, 1.82) is 0 Å². The summed E-state index contributed by atoms with van der Waals surface area (Å²) in [6.45, 7) is 0. The standard InChI is InChI=1S/C52H33N3O/c1-4-14-34(15-5-1)37-26-28-49-43(31-37)44-32-40(27-29-50(44)56-49)55-47-24-11-10-22-42(47)51-41(23-13-25-48(51)55)38-20-12-21-39(30-38)52-53-45(35-16-6-2-7-17-35)33-46(54-52)36-18-8-3-9-19-36/h1-33H. The molecule has 11 rings (SSSR count). The Hall–Kier alpha value is -7.56. The Morgan fingerprint density at radius 3 is 1.66 bits per heavy atom. The van der Waals surface area contributed by atoms with E-state index < -0.39 is 0 Å². The van der Waals surface area contributed by atoms with Crippen LogP contribution in [0.4, 0.5) is 0 Å². The summed E-state index contributed by atoms with van der Waals surface area (Å²) in [4.78, 5) is 10.3. The van der Waals surface area contributed by atoms with Crippen LogP contribution in [0.25, 0.3) is 106 Å². The Morgan fingerprint density at radius 1 is 0.357 bits per heavy atom. The maximum Gasteiger partial charge on any atom is 0.160 e. The molecule has 56 heavy (non-hydrogen) atoms. The molecule has 11 aromatic rings. The molecule has 0 aliphatic carbocycles. The molecule has 0 saturated carbocycles. The van der Waals surface area contributed by atoms with E-state index in [1.54, 1.807) is 0 Å². The van der Waals surface area contributed by atoms with Gasteiger partial charge in [-0.1, -0.05) is 146 Å². The predicted octanol–water partition coefficient (Wildman–Crippen LogP) is 13.8. The summed E-state index contributed by atoms with van der Waals surface area (Å²) in [5.41, 5.74) is 14.6. The molecule has 0 atom stereocenters. The number of hydrogen-bond donors (Lipinski definition) is 0. The average Bonchev–Trinajstić information content (AvgIpc) is 3.82. The maximum atomic E-state index is 6.36. The Morgan fingerprint density at radius 2 is 0.929 bits per heavy atom. The third-order valence-electron chi connectivity index (χ3n) is 10.8. The number of benzene rings is 8. The van der Waals surface area contributed by atoms with Gasteiger partial charge >= 0.3 is 0 Å². The first-order valence-electron chi connectivity index (χ1n) is 18.9. The third-order valence-corrected chi connectivity index (χ3v) is 10.8. The van der Waals surface area contributed by atoms with Crippen molar-refractivity contribution >= 4 is 43.7 Å². The van der Waals surface area contributed by atoms with Crippen molar-refractivity contribution in [3.8, 4) is 61.8 Å². The molecule has 4 heteroatoms. The van der Waals surface area contributed by atoms with E-state index >= 15 is 0 Å². The lowest BCUT2D eigenvalue weighted by Crippen LogP contribution is -1.96. The molecule has 0 fully saturated rings. The molecule has 3 heterocycles. The fourth-order valence-corrected chi connectivity index (χ4v) is 8.17. The van der Waals surface area contributed by atoms with Crippen molar-refractivity contribution in [2.75, 3.05) is 0 Å². The first-order valence-corrected chi connectivity index (χ1v) is 18.9. The zero-order valence-electron chi connectivity index (χ0n) is 30.3. The van der Waals surface area contributed by atoms with E-state index in [9.17, 15) is 0 Å². The number of aromatic nitrogens is 3. The van der Waals surface area contributed by atoms with Crippen LogP contribution in [0, 0.1) is 0 Å². The second kappa shape index (κ2) is 13.1. The number of rotatable bonds is 6. The van der Waals surface area contributed by atoms with Crippen molar-refractivity contribution in [3.05, 3.63) is 200 Å². The molecule has 0 radical (unpaired) electrons. The lowest BCUT2D eigenvalue weighted by molar-refractivity contribution is 0.669. The van der Waals surface area contributed by atoms with Crippen molar-refractivity contribution < 1.29 is 4.42 Å². The molecule has 262 valence electrons. The average molecular weight is 716 g/mol. The van der Waals surface area contributed by atoms with Crippen LogP contribution in [0.2, 0.25) is 0 Å². The van der Waals surface area contributed by atoms with Crippen LogP contribution in [0.5, 0.6) is 0 Å². The van der Waals surface area contributed by atoms with Crippen molar-refractivity contribution in [2.24, 2.45) is 0 Å². The maximum absolute atomic E-state index is 6.36. The van der Waals surface area contributed by atoms with Gasteiger partial charge in [0.05, 0.1) is 22.4 Å². The summed E-state index contributed by atoms with van der Waals surface area (Å²) < 4.78 is 8.75. The highest BCUT2D eigenvalue weighted by molar-refractivity contribution is 6.16. The highest BCUT2D eigenvalue weighted by Crippen LogP contribution is 2.41. The van der Waals surface area contributed by atoms with E-state index in [1.807, 2.05) is 36.4 Å². The minimum absolute atomic E-state index is 0.692. The Labute approximate surface area is 323 Å². The normalized spacial score (nSPS) is 11.6. The van der Waals surface area contributed by atoms with Gasteiger partial charge in [0.15, 0.2) is 5.82 Å². The molecular formula is C52H33N3O. The summed E-state index contributed by atoms with van der Waals surface area (Å²) >= 11 is 0. The molecule has 0 aliphatic heterocycles. The third kappa shape index (κ3) is 5.39. The van der Waals surface area contributed by atoms with Gasteiger partial charge in [0.2, 0.25) is 0 Å². The van der Waals surface area contributed by atoms with Gasteiger partial charge in [-0.3, -0.25) is 0 Å². The van der Waals surface area contributed by atoms with Gasteiger partial charge in [-0.25, -0.2) is 9.97 Å². The summed E-state index contributed by atoms with van der Waals surface area (Å²) in [5, 5.41) is 4.60. The van der Waals surface area contributed by atoms with Gasteiger partial charge in [-0.15, -0.1) is 0 Å². The van der Waals surface area contributed by atoms with E-state index in [0.29, 0.717) is 5.82 Å². The van der Waals surface area contributed by atoms with Crippen LogP contribution in [0.15, 0.2) is 205 Å². The zero-order valence-corrected chi connectivity index (χ0v) is 30.3. The molecule has 0 spiro atoms.